The Kier molecular flexibility index (Phi) is 8.71. The molecular weight excluding hydrogens is 441 g/mol. The van der Waals surface area contributed by atoms with Crippen molar-refractivity contribution in [3.8, 4) is 5.75 Å². The molecule has 0 aliphatic rings. The molecule has 0 fully saturated rings. The number of amides is 3. The second-order valence-electron chi connectivity index (χ2n) is 7.39. The Morgan fingerprint density at radius 1 is 0.968 bits per heavy atom. The Hall–Kier alpha value is -2.77. The van der Waals surface area contributed by atoms with Gasteiger partial charge in [-0.05, 0) is 61.2 Å². The van der Waals surface area contributed by atoms with E-state index in [9.17, 15) is 14.4 Å². The third-order valence-corrected chi connectivity index (χ3v) is 5.13. The van der Waals surface area contributed by atoms with Crippen LogP contribution in [0.3, 0.4) is 0 Å². The van der Waals surface area contributed by atoms with Gasteiger partial charge in [0.05, 0.1) is 10.6 Å². The summed E-state index contributed by atoms with van der Waals surface area (Å²) >= 11 is 11.9. The molecule has 0 heterocycles. The van der Waals surface area contributed by atoms with Gasteiger partial charge in [-0.25, -0.2) is 0 Å². The van der Waals surface area contributed by atoms with Crippen LogP contribution < -0.4 is 20.9 Å². The highest BCUT2D eigenvalue weighted by atomic mass is 35.5. The van der Waals surface area contributed by atoms with Gasteiger partial charge in [-0.2, -0.15) is 0 Å². The molecule has 9 heteroatoms. The highest BCUT2D eigenvalue weighted by Crippen LogP contribution is 2.21. The summed E-state index contributed by atoms with van der Waals surface area (Å²) in [4.78, 5) is 37.1. The van der Waals surface area contributed by atoms with Gasteiger partial charge in [-0.15, -0.1) is 0 Å². The lowest BCUT2D eigenvalue weighted by Gasteiger charge is -2.22. The first-order chi connectivity index (χ1) is 14.6. The third kappa shape index (κ3) is 7.15. The van der Waals surface area contributed by atoms with Crippen molar-refractivity contribution in [2.45, 2.75) is 33.7 Å². The minimum Gasteiger partial charge on any atom is -0.484 e. The van der Waals surface area contributed by atoms with Crippen LogP contribution in [-0.2, 0) is 9.59 Å². The molecule has 2 rings (SSSR count). The van der Waals surface area contributed by atoms with E-state index in [-0.39, 0.29) is 23.1 Å². The molecule has 1 atom stereocenters. The molecular formula is C22H25Cl2N3O4. The molecule has 7 nitrogen and oxygen atoms in total. The summed E-state index contributed by atoms with van der Waals surface area (Å²) in [5, 5.41) is 3.19. The standard InChI is InChI=1S/C22H25Cl2N3O4/c1-12(2)20(25-21(29)17-8-6-15(23)10-18(17)24)22(30)27-26-19(28)11-31-16-7-5-13(3)14(4)9-16/h5-10,12,20H,11H2,1-4H3,(H,25,29)(H,26,28)(H,27,30). The lowest BCUT2D eigenvalue weighted by Crippen LogP contribution is -2.55. The first-order valence-electron chi connectivity index (χ1n) is 9.63. The monoisotopic (exact) mass is 465 g/mol. The molecule has 0 aliphatic carbocycles. The van der Waals surface area contributed by atoms with Gasteiger partial charge >= 0.3 is 0 Å². The van der Waals surface area contributed by atoms with Gasteiger partial charge in [0.25, 0.3) is 17.7 Å². The average molecular weight is 466 g/mol. The SMILES string of the molecule is Cc1ccc(OCC(=O)NNC(=O)C(NC(=O)c2ccc(Cl)cc2Cl)C(C)C)cc1C. The molecule has 0 saturated carbocycles. The zero-order valence-corrected chi connectivity index (χ0v) is 19.2. The minimum atomic E-state index is -0.903. The van der Waals surface area contributed by atoms with Crippen molar-refractivity contribution in [3.63, 3.8) is 0 Å². The van der Waals surface area contributed by atoms with Gasteiger partial charge in [0.15, 0.2) is 6.61 Å². The van der Waals surface area contributed by atoms with E-state index in [1.807, 2.05) is 26.0 Å². The van der Waals surface area contributed by atoms with E-state index in [0.717, 1.165) is 11.1 Å². The lowest BCUT2D eigenvalue weighted by molar-refractivity contribution is -0.131. The summed E-state index contributed by atoms with van der Waals surface area (Å²) in [6.45, 7) is 7.17. The smallest absolute Gasteiger partial charge is 0.276 e. The highest BCUT2D eigenvalue weighted by Gasteiger charge is 2.26. The minimum absolute atomic E-state index is 0.171. The first-order valence-corrected chi connectivity index (χ1v) is 10.4. The van der Waals surface area contributed by atoms with Crippen molar-refractivity contribution < 1.29 is 19.1 Å². The number of nitrogens with one attached hydrogen (secondary N) is 3. The predicted octanol–water partition coefficient (Wildman–Crippen LogP) is 3.59. The average Bonchev–Trinajstić information content (AvgIpc) is 2.70. The van der Waals surface area contributed by atoms with Crippen LogP contribution in [0.25, 0.3) is 0 Å². The van der Waals surface area contributed by atoms with E-state index >= 15 is 0 Å². The Morgan fingerprint density at radius 2 is 1.68 bits per heavy atom. The molecule has 0 saturated heterocycles. The predicted molar refractivity (Wildman–Crippen MR) is 120 cm³/mol. The zero-order chi connectivity index (χ0) is 23.1. The number of halogens is 2. The number of hydrazine groups is 1. The zero-order valence-electron chi connectivity index (χ0n) is 17.7. The molecule has 0 bridgehead atoms. The normalized spacial score (nSPS) is 11.6. The Balaban J connectivity index is 1.90. The fraction of sp³-hybridized carbons (Fsp3) is 0.318. The maximum atomic E-state index is 12.5. The number of carbonyl (C=O) groups is 3. The van der Waals surface area contributed by atoms with Crippen molar-refractivity contribution in [2.75, 3.05) is 6.61 Å². The quantitative estimate of drug-likeness (QED) is 0.544. The van der Waals surface area contributed by atoms with Crippen LogP contribution in [0.2, 0.25) is 10.0 Å². The Bertz CT molecular complexity index is 979. The van der Waals surface area contributed by atoms with Crippen LogP contribution in [-0.4, -0.2) is 30.4 Å². The van der Waals surface area contributed by atoms with Gasteiger partial charge in [-0.1, -0.05) is 43.1 Å². The fourth-order valence-electron chi connectivity index (χ4n) is 2.63. The van der Waals surface area contributed by atoms with E-state index < -0.39 is 23.8 Å². The molecule has 1 unspecified atom stereocenters. The number of hydrogen-bond acceptors (Lipinski definition) is 4. The Labute approximate surface area is 191 Å². The molecule has 3 amide bonds. The van der Waals surface area contributed by atoms with Crippen molar-refractivity contribution in [1.29, 1.82) is 0 Å². The van der Waals surface area contributed by atoms with Crippen molar-refractivity contribution >= 4 is 40.9 Å². The molecule has 0 spiro atoms. The Morgan fingerprint density at radius 3 is 2.29 bits per heavy atom. The van der Waals surface area contributed by atoms with Crippen LogP contribution >= 0.6 is 23.2 Å². The molecule has 0 aliphatic heterocycles. The number of carbonyl (C=O) groups excluding carboxylic acids is 3. The molecule has 3 N–H and O–H groups in total. The van der Waals surface area contributed by atoms with E-state index in [0.29, 0.717) is 10.8 Å². The van der Waals surface area contributed by atoms with Crippen LogP contribution in [0.15, 0.2) is 36.4 Å². The maximum absolute atomic E-state index is 12.5. The molecule has 0 aromatic heterocycles. The summed E-state index contributed by atoms with van der Waals surface area (Å²) < 4.78 is 5.43. The van der Waals surface area contributed by atoms with Crippen molar-refractivity contribution in [3.05, 3.63) is 63.1 Å². The summed E-state index contributed by atoms with van der Waals surface area (Å²) in [7, 11) is 0. The summed E-state index contributed by atoms with van der Waals surface area (Å²) in [6, 6.07) is 9.03. The molecule has 166 valence electrons. The van der Waals surface area contributed by atoms with Crippen molar-refractivity contribution in [1.82, 2.24) is 16.2 Å². The van der Waals surface area contributed by atoms with Crippen LogP contribution in [0, 0.1) is 19.8 Å². The second-order valence-corrected chi connectivity index (χ2v) is 8.24. The maximum Gasteiger partial charge on any atom is 0.276 e. The van der Waals surface area contributed by atoms with E-state index in [1.54, 1.807) is 19.9 Å². The largest absolute Gasteiger partial charge is 0.484 e. The van der Waals surface area contributed by atoms with Crippen LogP contribution in [0.4, 0.5) is 0 Å². The summed E-state index contributed by atoms with van der Waals surface area (Å²) in [6.07, 6.45) is 0. The van der Waals surface area contributed by atoms with Gasteiger partial charge in [-0.3, -0.25) is 25.2 Å². The highest BCUT2D eigenvalue weighted by molar-refractivity contribution is 6.36. The van der Waals surface area contributed by atoms with E-state index in [4.69, 9.17) is 27.9 Å². The van der Waals surface area contributed by atoms with Gasteiger partial charge < -0.3 is 10.1 Å². The summed E-state index contributed by atoms with van der Waals surface area (Å²) in [5.74, 6) is -1.34. The number of benzene rings is 2. The second kappa shape index (κ2) is 11.0. The lowest BCUT2D eigenvalue weighted by atomic mass is 10.0. The molecule has 31 heavy (non-hydrogen) atoms. The van der Waals surface area contributed by atoms with Crippen molar-refractivity contribution in [2.24, 2.45) is 5.92 Å². The van der Waals surface area contributed by atoms with E-state index in [2.05, 4.69) is 16.2 Å². The fourth-order valence-corrected chi connectivity index (χ4v) is 3.12. The molecule has 2 aromatic carbocycles. The molecule has 0 radical (unpaired) electrons. The van der Waals surface area contributed by atoms with Crippen LogP contribution in [0.1, 0.15) is 35.3 Å². The number of hydrogen-bond donors (Lipinski definition) is 3. The third-order valence-electron chi connectivity index (χ3n) is 4.58. The van der Waals surface area contributed by atoms with Gasteiger partial charge in [0.2, 0.25) is 0 Å². The van der Waals surface area contributed by atoms with Gasteiger partial charge in [0, 0.05) is 5.02 Å². The van der Waals surface area contributed by atoms with Crippen LogP contribution in [0.5, 0.6) is 5.75 Å². The first kappa shape index (κ1) is 24.5. The number of rotatable bonds is 7. The summed E-state index contributed by atoms with van der Waals surface area (Å²) in [5.41, 5.74) is 6.95. The number of aryl methyl sites for hydroxylation is 2. The topological polar surface area (TPSA) is 96.5 Å². The molecule has 2 aromatic rings. The van der Waals surface area contributed by atoms with E-state index in [1.165, 1.54) is 18.2 Å². The number of ether oxygens (including phenoxy) is 1. The van der Waals surface area contributed by atoms with Gasteiger partial charge in [0.1, 0.15) is 11.8 Å².